The number of nitrogens with zero attached hydrogens (tertiary/aromatic N) is 1. The Morgan fingerprint density at radius 3 is 2.05 bits per heavy atom. The van der Waals surface area contributed by atoms with E-state index in [1.807, 2.05) is 0 Å². The first kappa shape index (κ1) is 14.3. The fourth-order valence-corrected chi connectivity index (χ4v) is 5.83. The fourth-order valence-electron chi connectivity index (χ4n) is 5.83. The Labute approximate surface area is 129 Å². The highest BCUT2D eigenvalue weighted by Crippen LogP contribution is 2.55. The molecule has 1 aliphatic heterocycles. The Balaban J connectivity index is 1.49. The van der Waals surface area contributed by atoms with Gasteiger partial charge in [0.1, 0.15) is 6.04 Å². The number of aliphatic hydroxyl groups excluding tert-OH is 1. The quantitative estimate of drug-likeness (QED) is 0.714. The third-order valence-electron chi connectivity index (χ3n) is 6.24. The summed E-state index contributed by atoms with van der Waals surface area (Å²) in [4.78, 5) is 25.2. The number of carbonyl (C=O) groups is 2. The normalized spacial score (nSPS) is 46.0. The minimum Gasteiger partial charge on any atom is -0.480 e. The van der Waals surface area contributed by atoms with Crippen molar-refractivity contribution in [2.24, 2.45) is 17.8 Å². The van der Waals surface area contributed by atoms with Crippen molar-refractivity contribution in [3.8, 4) is 0 Å². The van der Waals surface area contributed by atoms with Gasteiger partial charge in [0.25, 0.3) is 0 Å². The van der Waals surface area contributed by atoms with Gasteiger partial charge in [0, 0.05) is 18.5 Å². The second kappa shape index (κ2) is 4.85. The molecule has 1 saturated heterocycles. The third kappa shape index (κ3) is 2.28. The van der Waals surface area contributed by atoms with E-state index >= 15 is 0 Å². The number of carbonyl (C=O) groups excluding carboxylic acids is 1. The maximum atomic E-state index is 12.6. The summed E-state index contributed by atoms with van der Waals surface area (Å²) in [5, 5.41) is 22.1. The Kier molecular flexibility index (Phi) is 3.15. The number of nitrogens with one attached hydrogen (secondary N) is 1. The number of urea groups is 1. The zero-order valence-electron chi connectivity index (χ0n) is 12.7. The summed E-state index contributed by atoms with van der Waals surface area (Å²) in [6.07, 6.45) is 6.42. The van der Waals surface area contributed by atoms with Gasteiger partial charge in [-0.3, -0.25) is 0 Å². The largest absolute Gasteiger partial charge is 0.480 e. The molecule has 0 aromatic heterocycles. The van der Waals surface area contributed by atoms with Crippen molar-refractivity contribution >= 4 is 12.0 Å². The van der Waals surface area contributed by atoms with E-state index in [-0.39, 0.29) is 24.5 Å². The first-order valence-corrected chi connectivity index (χ1v) is 8.44. The van der Waals surface area contributed by atoms with E-state index in [4.69, 9.17) is 0 Å². The van der Waals surface area contributed by atoms with E-state index in [1.165, 1.54) is 24.2 Å². The number of aliphatic hydroxyl groups is 1. The van der Waals surface area contributed by atoms with E-state index in [0.29, 0.717) is 0 Å². The van der Waals surface area contributed by atoms with Crippen molar-refractivity contribution in [1.82, 2.24) is 10.2 Å². The van der Waals surface area contributed by atoms with E-state index in [2.05, 4.69) is 5.32 Å². The number of likely N-dealkylation sites (tertiary alicyclic amines) is 1. The highest BCUT2D eigenvalue weighted by Gasteiger charge is 2.52. The molecular weight excluding hydrogens is 284 g/mol. The van der Waals surface area contributed by atoms with Gasteiger partial charge in [-0.1, -0.05) is 0 Å². The van der Waals surface area contributed by atoms with E-state index in [0.717, 1.165) is 37.0 Å². The Morgan fingerprint density at radius 2 is 1.55 bits per heavy atom. The molecule has 6 heteroatoms. The second-order valence-corrected chi connectivity index (χ2v) is 8.02. The number of hydrogen-bond donors (Lipinski definition) is 3. The maximum absolute atomic E-state index is 12.6. The Bertz CT molecular complexity index is 471. The lowest BCUT2D eigenvalue weighted by molar-refractivity contribution is -0.141. The van der Waals surface area contributed by atoms with Crippen LogP contribution in [0.15, 0.2) is 0 Å². The molecule has 5 fully saturated rings. The summed E-state index contributed by atoms with van der Waals surface area (Å²) in [7, 11) is 0. The summed E-state index contributed by atoms with van der Waals surface area (Å²) in [5.74, 6) is 1.15. The van der Waals surface area contributed by atoms with Crippen molar-refractivity contribution in [3.05, 3.63) is 0 Å². The van der Waals surface area contributed by atoms with Crippen molar-refractivity contribution < 1.29 is 19.8 Å². The van der Waals surface area contributed by atoms with Crippen molar-refractivity contribution in [3.63, 3.8) is 0 Å². The van der Waals surface area contributed by atoms with Gasteiger partial charge in [-0.25, -0.2) is 9.59 Å². The molecule has 2 unspecified atom stereocenters. The molecule has 22 heavy (non-hydrogen) atoms. The van der Waals surface area contributed by atoms with Crippen molar-refractivity contribution in [1.29, 1.82) is 0 Å². The van der Waals surface area contributed by atoms with Gasteiger partial charge >= 0.3 is 12.0 Å². The molecule has 0 aromatic rings. The van der Waals surface area contributed by atoms with Crippen LogP contribution < -0.4 is 5.32 Å². The zero-order chi connectivity index (χ0) is 15.5. The summed E-state index contributed by atoms with van der Waals surface area (Å²) in [6.45, 7) is 0.120. The lowest BCUT2D eigenvalue weighted by atomic mass is 9.53. The van der Waals surface area contributed by atoms with Crippen LogP contribution in [-0.2, 0) is 4.79 Å². The summed E-state index contributed by atoms with van der Waals surface area (Å²) < 4.78 is 0. The topological polar surface area (TPSA) is 89.9 Å². The van der Waals surface area contributed by atoms with Crippen molar-refractivity contribution in [2.45, 2.75) is 62.6 Å². The lowest BCUT2D eigenvalue weighted by Gasteiger charge is -2.57. The molecule has 4 bridgehead atoms. The number of aliphatic carboxylic acids is 1. The standard InChI is InChI=1S/C16H24N2O4/c19-12-4-13(14(20)21)18(8-12)15(22)17-16-5-9-1-10(6-16)3-11(2-9)7-16/h9-13,19H,1-8H2,(H,17,22)(H,20,21). The molecule has 2 amide bonds. The Morgan fingerprint density at radius 1 is 1.00 bits per heavy atom. The van der Waals surface area contributed by atoms with Crippen LogP contribution in [0.1, 0.15) is 44.9 Å². The van der Waals surface area contributed by atoms with Gasteiger partial charge in [0.15, 0.2) is 0 Å². The molecule has 0 aromatic carbocycles. The molecule has 5 aliphatic rings. The number of rotatable bonds is 2. The predicted molar refractivity (Wildman–Crippen MR) is 78.2 cm³/mol. The monoisotopic (exact) mass is 308 g/mol. The van der Waals surface area contributed by atoms with E-state index < -0.39 is 18.1 Å². The summed E-state index contributed by atoms with van der Waals surface area (Å²) >= 11 is 0. The van der Waals surface area contributed by atoms with Crippen molar-refractivity contribution in [2.75, 3.05) is 6.54 Å². The molecular formula is C16H24N2O4. The lowest BCUT2D eigenvalue weighted by Crippen LogP contribution is -2.62. The minimum absolute atomic E-state index is 0.120. The summed E-state index contributed by atoms with van der Waals surface area (Å²) in [5.41, 5.74) is -0.123. The summed E-state index contributed by atoms with van der Waals surface area (Å²) in [6, 6.07) is -1.20. The van der Waals surface area contributed by atoms with Gasteiger partial charge in [-0.2, -0.15) is 0 Å². The van der Waals surface area contributed by atoms with Crippen LogP contribution in [0, 0.1) is 17.8 Å². The van der Waals surface area contributed by atoms with Crippen LogP contribution in [0.25, 0.3) is 0 Å². The average Bonchev–Trinajstić information content (AvgIpc) is 2.79. The van der Waals surface area contributed by atoms with Crippen LogP contribution in [0.5, 0.6) is 0 Å². The molecule has 122 valence electrons. The Hall–Kier alpha value is -1.30. The number of hydrogen-bond acceptors (Lipinski definition) is 3. The maximum Gasteiger partial charge on any atom is 0.326 e. The molecule has 4 saturated carbocycles. The van der Waals surface area contributed by atoms with Gasteiger partial charge in [0.05, 0.1) is 6.10 Å². The van der Waals surface area contributed by atoms with Gasteiger partial charge in [0.2, 0.25) is 0 Å². The molecule has 4 aliphatic carbocycles. The fraction of sp³-hybridized carbons (Fsp3) is 0.875. The number of carboxylic acid groups (broad SMARTS) is 1. The van der Waals surface area contributed by atoms with Crippen LogP contribution in [0.4, 0.5) is 4.79 Å². The number of carboxylic acids is 1. The molecule has 3 N–H and O–H groups in total. The predicted octanol–water partition coefficient (Wildman–Crippen LogP) is 1.18. The molecule has 2 atom stereocenters. The zero-order valence-corrected chi connectivity index (χ0v) is 12.7. The molecule has 1 heterocycles. The molecule has 0 radical (unpaired) electrons. The van der Waals surface area contributed by atoms with Gasteiger partial charge in [-0.05, 0) is 56.3 Å². The minimum atomic E-state index is -1.03. The highest BCUT2D eigenvalue weighted by molar-refractivity contribution is 5.84. The van der Waals surface area contributed by atoms with Crippen LogP contribution in [0.2, 0.25) is 0 Å². The molecule has 6 nitrogen and oxygen atoms in total. The number of amides is 2. The van der Waals surface area contributed by atoms with E-state index in [9.17, 15) is 19.8 Å². The third-order valence-corrected chi connectivity index (χ3v) is 6.24. The van der Waals surface area contributed by atoms with Crippen LogP contribution >= 0.6 is 0 Å². The SMILES string of the molecule is O=C(O)C1CC(O)CN1C(=O)NC12CC3CC(CC(C3)C1)C2. The van der Waals surface area contributed by atoms with E-state index in [1.54, 1.807) is 0 Å². The van der Waals surface area contributed by atoms with Crippen LogP contribution in [-0.4, -0.2) is 51.3 Å². The van der Waals surface area contributed by atoms with Gasteiger partial charge < -0.3 is 20.4 Å². The van der Waals surface area contributed by atoms with Crippen LogP contribution in [0.3, 0.4) is 0 Å². The number of β-amino-alcohol motifs (C(OH)–C–C–N with tert-alkyl or cyclic N) is 1. The average molecular weight is 308 g/mol. The first-order chi connectivity index (χ1) is 10.4. The van der Waals surface area contributed by atoms with Gasteiger partial charge in [-0.15, -0.1) is 0 Å². The second-order valence-electron chi connectivity index (χ2n) is 8.02. The first-order valence-electron chi connectivity index (χ1n) is 8.44. The highest BCUT2D eigenvalue weighted by atomic mass is 16.4. The molecule has 0 spiro atoms. The smallest absolute Gasteiger partial charge is 0.326 e. The molecule has 5 rings (SSSR count).